The van der Waals surface area contributed by atoms with Gasteiger partial charge in [-0.1, -0.05) is 17.7 Å². The molecule has 0 aliphatic carbocycles. The summed E-state index contributed by atoms with van der Waals surface area (Å²) in [5, 5.41) is 0. The van der Waals surface area contributed by atoms with Crippen LogP contribution in [0.3, 0.4) is 0 Å². The minimum atomic E-state index is -0.296. The van der Waals surface area contributed by atoms with Crippen LogP contribution in [0.4, 0.5) is 4.39 Å². The molecule has 0 aromatic heterocycles. The summed E-state index contributed by atoms with van der Waals surface area (Å²) in [6.45, 7) is 6.70. The van der Waals surface area contributed by atoms with E-state index in [0.717, 1.165) is 0 Å². The zero-order chi connectivity index (χ0) is 14.7. The van der Waals surface area contributed by atoms with Gasteiger partial charge in [0.25, 0.3) is 0 Å². The van der Waals surface area contributed by atoms with E-state index in [9.17, 15) is 4.39 Å². The van der Waals surface area contributed by atoms with Crippen LogP contribution in [0, 0.1) is 26.6 Å². The van der Waals surface area contributed by atoms with E-state index < -0.39 is 0 Å². The van der Waals surface area contributed by atoms with E-state index in [0.29, 0.717) is 17.9 Å². The van der Waals surface area contributed by atoms with Crippen molar-refractivity contribution in [2.24, 2.45) is 0 Å². The molecular weight excluding hydrogens is 275 g/mol. The SMILES string of the molecule is Cc1cc(C)c(COc2ccc(F)cc2CCl)c(C)c1. The molecule has 0 radical (unpaired) electrons. The summed E-state index contributed by atoms with van der Waals surface area (Å²) in [4.78, 5) is 0. The summed E-state index contributed by atoms with van der Waals surface area (Å²) in [6, 6.07) is 8.71. The lowest BCUT2D eigenvalue weighted by molar-refractivity contribution is 0.301. The second kappa shape index (κ2) is 6.27. The van der Waals surface area contributed by atoms with Gasteiger partial charge in [0.2, 0.25) is 0 Å². The van der Waals surface area contributed by atoms with E-state index in [4.69, 9.17) is 16.3 Å². The third-order valence-corrected chi connectivity index (χ3v) is 3.67. The van der Waals surface area contributed by atoms with Gasteiger partial charge in [0.1, 0.15) is 18.2 Å². The third-order valence-electron chi connectivity index (χ3n) is 3.38. The van der Waals surface area contributed by atoms with Gasteiger partial charge in [-0.25, -0.2) is 4.39 Å². The van der Waals surface area contributed by atoms with Crippen molar-refractivity contribution < 1.29 is 9.13 Å². The Morgan fingerprint density at radius 1 is 1.05 bits per heavy atom. The minimum absolute atomic E-state index is 0.235. The number of rotatable bonds is 4. The maximum Gasteiger partial charge on any atom is 0.124 e. The van der Waals surface area contributed by atoms with Crippen molar-refractivity contribution in [1.29, 1.82) is 0 Å². The largest absolute Gasteiger partial charge is 0.489 e. The monoisotopic (exact) mass is 292 g/mol. The Bertz CT molecular complexity index is 599. The molecular formula is C17H18ClFO. The normalized spacial score (nSPS) is 10.7. The number of benzene rings is 2. The number of aryl methyl sites for hydroxylation is 3. The second-order valence-corrected chi connectivity index (χ2v) is 5.32. The Morgan fingerprint density at radius 3 is 2.30 bits per heavy atom. The average molecular weight is 293 g/mol. The first kappa shape index (κ1) is 14.9. The summed E-state index contributed by atoms with van der Waals surface area (Å²) in [5.74, 6) is 0.579. The Labute approximate surface area is 124 Å². The molecule has 0 saturated carbocycles. The molecule has 2 aromatic carbocycles. The summed E-state index contributed by atoms with van der Waals surface area (Å²) < 4.78 is 19.0. The summed E-state index contributed by atoms with van der Waals surface area (Å²) >= 11 is 5.82. The van der Waals surface area contributed by atoms with Crippen molar-refractivity contribution in [2.75, 3.05) is 0 Å². The molecule has 0 bridgehead atoms. The van der Waals surface area contributed by atoms with Crippen molar-refractivity contribution in [3.63, 3.8) is 0 Å². The Morgan fingerprint density at radius 2 is 1.70 bits per heavy atom. The molecule has 0 heterocycles. The van der Waals surface area contributed by atoms with Gasteiger partial charge in [-0.3, -0.25) is 0 Å². The molecule has 0 saturated heterocycles. The van der Waals surface area contributed by atoms with E-state index in [2.05, 4.69) is 32.9 Å². The molecule has 106 valence electrons. The van der Waals surface area contributed by atoms with Crippen LogP contribution < -0.4 is 4.74 Å². The van der Waals surface area contributed by atoms with Crippen molar-refractivity contribution in [1.82, 2.24) is 0 Å². The lowest BCUT2D eigenvalue weighted by atomic mass is 10.0. The highest BCUT2D eigenvalue weighted by molar-refractivity contribution is 6.17. The van der Waals surface area contributed by atoms with Crippen molar-refractivity contribution >= 4 is 11.6 Å². The first-order valence-electron chi connectivity index (χ1n) is 6.55. The van der Waals surface area contributed by atoms with Crippen LogP contribution >= 0.6 is 11.6 Å². The van der Waals surface area contributed by atoms with Crippen LogP contribution in [-0.2, 0) is 12.5 Å². The number of hydrogen-bond donors (Lipinski definition) is 0. The van der Waals surface area contributed by atoms with Crippen LogP contribution in [0.15, 0.2) is 30.3 Å². The van der Waals surface area contributed by atoms with E-state index in [1.54, 1.807) is 6.07 Å². The molecule has 3 heteroatoms. The Balaban J connectivity index is 2.21. The molecule has 0 aliphatic heterocycles. The molecule has 0 spiro atoms. The van der Waals surface area contributed by atoms with Crippen molar-refractivity contribution in [2.45, 2.75) is 33.3 Å². The minimum Gasteiger partial charge on any atom is -0.489 e. The first-order chi connectivity index (χ1) is 9.51. The van der Waals surface area contributed by atoms with Crippen LogP contribution in [0.2, 0.25) is 0 Å². The number of halogens is 2. The summed E-state index contributed by atoms with van der Waals surface area (Å²) in [5.41, 5.74) is 5.50. The van der Waals surface area contributed by atoms with Gasteiger partial charge in [0.15, 0.2) is 0 Å². The van der Waals surface area contributed by atoms with Gasteiger partial charge in [-0.15, -0.1) is 11.6 Å². The van der Waals surface area contributed by atoms with Gasteiger partial charge in [0, 0.05) is 5.56 Å². The standard InChI is InChI=1S/C17H18ClFO/c1-11-6-12(2)16(13(3)7-11)10-20-17-5-4-15(19)8-14(17)9-18/h4-8H,9-10H2,1-3H3. The second-order valence-electron chi connectivity index (χ2n) is 5.05. The molecule has 2 aromatic rings. The fourth-order valence-corrected chi connectivity index (χ4v) is 2.59. The van der Waals surface area contributed by atoms with Crippen LogP contribution in [-0.4, -0.2) is 0 Å². The average Bonchev–Trinajstić information content (AvgIpc) is 2.38. The fourth-order valence-electron chi connectivity index (χ4n) is 2.38. The van der Waals surface area contributed by atoms with Crippen molar-refractivity contribution in [3.05, 3.63) is 64.0 Å². The summed E-state index contributed by atoms with van der Waals surface area (Å²) in [7, 11) is 0. The molecule has 0 atom stereocenters. The molecule has 2 rings (SSSR count). The van der Waals surface area contributed by atoms with Gasteiger partial charge < -0.3 is 4.74 Å². The third kappa shape index (κ3) is 3.31. The molecule has 0 aliphatic rings. The predicted molar refractivity (Wildman–Crippen MR) is 80.9 cm³/mol. The molecule has 0 unspecified atom stereocenters. The van der Waals surface area contributed by atoms with Crippen LogP contribution in [0.25, 0.3) is 0 Å². The maximum atomic E-state index is 13.2. The first-order valence-corrected chi connectivity index (χ1v) is 7.08. The van der Waals surface area contributed by atoms with Crippen molar-refractivity contribution in [3.8, 4) is 5.75 Å². The smallest absolute Gasteiger partial charge is 0.124 e. The highest BCUT2D eigenvalue weighted by atomic mass is 35.5. The van der Waals surface area contributed by atoms with E-state index in [-0.39, 0.29) is 11.7 Å². The quantitative estimate of drug-likeness (QED) is 0.715. The zero-order valence-corrected chi connectivity index (χ0v) is 12.7. The molecule has 0 amide bonds. The van der Waals surface area contributed by atoms with Gasteiger partial charge in [-0.05, 0) is 55.7 Å². The highest BCUT2D eigenvalue weighted by Crippen LogP contribution is 2.24. The maximum absolute atomic E-state index is 13.2. The number of ether oxygens (including phenoxy) is 1. The fraction of sp³-hybridized carbons (Fsp3) is 0.294. The molecule has 0 N–H and O–H groups in total. The lowest BCUT2D eigenvalue weighted by Crippen LogP contribution is -2.03. The topological polar surface area (TPSA) is 9.23 Å². The van der Waals surface area contributed by atoms with Gasteiger partial charge >= 0.3 is 0 Å². The van der Waals surface area contributed by atoms with E-state index in [1.165, 1.54) is 34.4 Å². The molecule has 20 heavy (non-hydrogen) atoms. The number of hydrogen-bond acceptors (Lipinski definition) is 1. The highest BCUT2D eigenvalue weighted by Gasteiger charge is 2.08. The summed E-state index contributed by atoms with van der Waals surface area (Å²) in [6.07, 6.45) is 0. The zero-order valence-electron chi connectivity index (χ0n) is 12.0. The van der Waals surface area contributed by atoms with Crippen LogP contribution in [0.5, 0.6) is 5.75 Å². The number of alkyl halides is 1. The predicted octanol–water partition coefficient (Wildman–Crippen LogP) is 5.07. The van der Waals surface area contributed by atoms with Gasteiger partial charge in [-0.2, -0.15) is 0 Å². The van der Waals surface area contributed by atoms with E-state index in [1.807, 2.05) is 0 Å². The molecule has 0 fully saturated rings. The van der Waals surface area contributed by atoms with Crippen LogP contribution in [0.1, 0.15) is 27.8 Å². The van der Waals surface area contributed by atoms with Gasteiger partial charge in [0.05, 0.1) is 5.88 Å². The van der Waals surface area contributed by atoms with E-state index >= 15 is 0 Å². The lowest BCUT2D eigenvalue weighted by Gasteiger charge is -2.14. The Kier molecular flexibility index (Phi) is 4.66. The molecule has 1 nitrogen and oxygen atoms in total. The Hall–Kier alpha value is -1.54.